The summed E-state index contributed by atoms with van der Waals surface area (Å²) in [6.45, 7) is 0. The maximum absolute atomic E-state index is 10.8. The van der Waals surface area contributed by atoms with Gasteiger partial charge in [0.1, 0.15) is 0 Å². The average Bonchev–Trinajstić information content (AvgIpc) is 2.05. The van der Waals surface area contributed by atoms with Gasteiger partial charge in [-0.2, -0.15) is 0 Å². The summed E-state index contributed by atoms with van der Waals surface area (Å²) in [5.41, 5.74) is 0.821. The van der Waals surface area contributed by atoms with E-state index in [1.807, 2.05) is 0 Å². The van der Waals surface area contributed by atoms with Gasteiger partial charge in [-0.05, 0) is 12.1 Å². The third kappa shape index (κ3) is 2.01. The van der Waals surface area contributed by atoms with Crippen molar-refractivity contribution in [3.05, 3.63) is 24.5 Å². The molecule has 1 amide bonds. The van der Waals surface area contributed by atoms with Crippen molar-refractivity contribution in [2.24, 2.45) is 0 Å². The molecule has 0 fully saturated rings. The highest BCUT2D eigenvalue weighted by Crippen LogP contribution is 2.11. The summed E-state index contributed by atoms with van der Waals surface area (Å²) in [7, 11) is 1.69. The van der Waals surface area contributed by atoms with E-state index in [1.54, 1.807) is 31.6 Å². The molecule has 0 aliphatic rings. The lowest BCUT2D eigenvalue weighted by atomic mass is 10.4. The summed E-state index contributed by atoms with van der Waals surface area (Å²) >= 11 is 2.84. The van der Waals surface area contributed by atoms with Crippen LogP contribution in [0, 0.1) is 0 Å². The number of hydrogen-bond donors (Lipinski definition) is 0. The quantitative estimate of drug-likeness (QED) is 0.530. The molecule has 11 heavy (non-hydrogen) atoms. The standard InChI is InChI=1S/C7H7BrN2O/c1-10(7(8)11)6-2-4-9-5-3-6/h2-5H,1H3. The largest absolute Gasteiger partial charge is 0.306 e. The first-order valence-corrected chi connectivity index (χ1v) is 3.84. The monoisotopic (exact) mass is 214 g/mol. The fourth-order valence-corrected chi connectivity index (χ4v) is 0.874. The number of carbonyl (C=O) groups excluding carboxylic acids is 1. The molecule has 0 radical (unpaired) electrons. The van der Waals surface area contributed by atoms with Crippen LogP contribution in [-0.2, 0) is 0 Å². The number of anilines is 1. The molecular weight excluding hydrogens is 208 g/mol. The number of pyridine rings is 1. The number of halogens is 1. The summed E-state index contributed by atoms with van der Waals surface area (Å²) in [5.74, 6) is 0. The lowest BCUT2D eigenvalue weighted by Gasteiger charge is -2.12. The molecule has 4 heteroatoms. The van der Waals surface area contributed by atoms with E-state index in [4.69, 9.17) is 0 Å². The normalized spacial score (nSPS) is 9.27. The van der Waals surface area contributed by atoms with Crippen molar-refractivity contribution in [2.75, 3.05) is 11.9 Å². The van der Waals surface area contributed by atoms with E-state index in [0.717, 1.165) is 5.69 Å². The Kier molecular flexibility index (Phi) is 2.59. The molecule has 0 atom stereocenters. The molecule has 0 aromatic carbocycles. The molecule has 1 rings (SSSR count). The Labute approximate surface area is 73.2 Å². The molecule has 1 aromatic rings. The van der Waals surface area contributed by atoms with Gasteiger partial charge in [0, 0.05) is 41.1 Å². The van der Waals surface area contributed by atoms with E-state index in [1.165, 1.54) is 4.90 Å². The Bertz CT molecular complexity index is 250. The van der Waals surface area contributed by atoms with Crippen LogP contribution in [0.2, 0.25) is 0 Å². The zero-order chi connectivity index (χ0) is 8.27. The lowest BCUT2D eigenvalue weighted by molar-refractivity contribution is 0.267. The van der Waals surface area contributed by atoms with Gasteiger partial charge >= 0.3 is 0 Å². The Morgan fingerprint density at radius 1 is 1.55 bits per heavy atom. The van der Waals surface area contributed by atoms with Gasteiger partial charge in [0.05, 0.1) is 0 Å². The van der Waals surface area contributed by atoms with Crippen LogP contribution < -0.4 is 4.90 Å². The number of carbonyl (C=O) groups is 1. The summed E-state index contributed by atoms with van der Waals surface area (Å²) < 4.78 is 0. The molecule has 1 heterocycles. The Morgan fingerprint density at radius 2 is 2.09 bits per heavy atom. The van der Waals surface area contributed by atoms with Crippen molar-refractivity contribution in [2.45, 2.75) is 0 Å². The molecule has 0 unspecified atom stereocenters. The van der Waals surface area contributed by atoms with Gasteiger partial charge in [0.2, 0.25) is 0 Å². The average molecular weight is 215 g/mol. The van der Waals surface area contributed by atoms with Crippen LogP contribution in [0.5, 0.6) is 0 Å². The second kappa shape index (κ2) is 3.48. The van der Waals surface area contributed by atoms with Gasteiger partial charge in [-0.25, -0.2) is 0 Å². The van der Waals surface area contributed by atoms with Crippen molar-refractivity contribution in [3.63, 3.8) is 0 Å². The van der Waals surface area contributed by atoms with E-state index in [-0.39, 0.29) is 4.82 Å². The molecule has 0 aliphatic carbocycles. The van der Waals surface area contributed by atoms with Crippen LogP contribution in [0.25, 0.3) is 0 Å². The molecular formula is C7H7BrN2O. The highest BCUT2D eigenvalue weighted by atomic mass is 79.9. The highest BCUT2D eigenvalue weighted by Gasteiger charge is 2.04. The predicted octanol–water partition coefficient (Wildman–Crippen LogP) is 2.03. The SMILES string of the molecule is CN(C(=O)Br)c1ccncc1. The summed E-state index contributed by atoms with van der Waals surface area (Å²) in [4.78, 5) is 15.9. The Morgan fingerprint density at radius 3 is 2.55 bits per heavy atom. The van der Waals surface area contributed by atoms with Crippen molar-refractivity contribution in [3.8, 4) is 0 Å². The predicted molar refractivity (Wildman–Crippen MR) is 47.0 cm³/mol. The number of nitrogens with zero attached hydrogens (tertiary/aromatic N) is 2. The van der Waals surface area contributed by atoms with E-state index in [0.29, 0.717) is 0 Å². The van der Waals surface area contributed by atoms with Gasteiger partial charge in [-0.15, -0.1) is 0 Å². The first-order chi connectivity index (χ1) is 5.22. The van der Waals surface area contributed by atoms with Crippen LogP contribution in [0.15, 0.2) is 24.5 Å². The van der Waals surface area contributed by atoms with Gasteiger partial charge < -0.3 is 4.90 Å². The molecule has 0 saturated heterocycles. The van der Waals surface area contributed by atoms with Crippen molar-refractivity contribution in [1.82, 2.24) is 4.98 Å². The zero-order valence-corrected chi connectivity index (χ0v) is 7.58. The Balaban J connectivity index is 2.85. The maximum Gasteiger partial charge on any atom is 0.293 e. The van der Waals surface area contributed by atoms with E-state index in [2.05, 4.69) is 20.9 Å². The Hall–Kier alpha value is -0.900. The smallest absolute Gasteiger partial charge is 0.293 e. The van der Waals surface area contributed by atoms with E-state index in [9.17, 15) is 4.79 Å². The minimum Gasteiger partial charge on any atom is -0.306 e. The topological polar surface area (TPSA) is 33.2 Å². The minimum atomic E-state index is -0.163. The number of rotatable bonds is 1. The van der Waals surface area contributed by atoms with E-state index >= 15 is 0 Å². The second-order valence-corrected chi connectivity index (χ2v) is 2.70. The molecule has 0 bridgehead atoms. The number of hydrogen-bond acceptors (Lipinski definition) is 2. The third-order valence-electron chi connectivity index (χ3n) is 1.31. The summed E-state index contributed by atoms with van der Waals surface area (Å²) in [6.07, 6.45) is 3.28. The molecule has 3 nitrogen and oxygen atoms in total. The van der Waals surface area contributed by atoms with Gasteiger partial charge in [-0.1, -0.05) is 0 Å². The first kappa shape index (κ1) is 8.20. The maximum atomic E-state index is 10.8. The molecule has 58 valence electrons. The fourth-order valence-electron chi connectivity index (χ4n) is 0.669. The molecule has 0 aliphatic heterocycles. The van der Waals surface area contributed by atoms with E-state index < -0.39 is 0 Å². The van der Waals surface area contributed by atoms with Crippen molar-refractivity contribution < 1.29 is 4.79 Å². The molecule has 1 aromatic heterocycles. The first-order valence-electron chi connectivity index (χ1n) is 3.05. The summed E-state index contributed by atoms with van der Waals surface area (Å²) in [6, 6.07) is 3.53. The van der Waals surface area contributed by atoms with Crippen LogP contribution >= 0.6 is 15.9 Å². The third-order valence-corrected chi connectivity index (χ3v) is 1.85. The highest BCUT2D eigenvalue weighted by molar-refractivity contribution is 9.18. The van der Waals surface area contributed by atoms with Crippen LogP contribution in [0.3, 0.4) is 0 Å². The lowest BCUT2D eigenvalue weighted by Crippen LogP contribution is -2.18. The second-order valence-electron chi connectivity index (χ2n) is 2.02. The van der Waals surface area contributed by atoms with Crippen LogP contribution in [0.4, 0.5) is 10.5 Å². The zero-order valence-electron chi connectivity index (χ0n) is 5.99. The molecule has 0 saturated carbocycles. The minimum absolute atomic E-state index is 0.163. The van der Waals surface area contributed by atoms with Gasteiger partial charge in [0.15, 0.2) is 0 Å². The number of amides is 1. The molecule has 0 N–H and O–H groups in total. The van der Waals surface area contributed by atoms with Gasteiger partial charge in [-0.3, -0.25) is 9.78 Å². The van der Waals surface area contributed by atoms with Gasteiger partial charge in [0.25, 0.3) is 4.82 Å². The summed E-state index contributed by atoms with van der Waals surface area (Å²) in [5, 5.41) is 0. The van der Waals surface area contributed by atoms with Crippen LogP contribution in [0.1, 0.15) is 0 Å². The fraction of sp³-hybridized carbons (Fsp3) is 0.143. The van der Waals surface area contributed by atoms with Crippen LogP contribution in [-0.4, -0.2) is 16.8 Å². The number of aromatic nitrogens is 1. The van der Waals surface area contributed by atoms with Crippen molar-refractivity contribution >= 4 is 26.4 Å². The molecule has 0 spiro atoms. The van der Waals surface area contributed by atoms with Crippen molar-refractivity contribution in [1.29, 1.82) is 0 Å².